The molecule has 3 amide bonds. The number of hydrogen-bond acceptors (Lipinski definition) is 8. The summed E-state index contributed by atoms with van der Waals surface area (Å²) in [5.41, 5.74) is 1.95. The first kappa shape index (κ1) is 31.9. The number of hydrogen-bond donors (Lipinski definition) is 2. The SMILES string of the molecule is CC1CCC([C@H](NC(=O)c2conc2C2CC2)C(=O)Nc2cc3c(cn2)C2(CCOCC2)C(=O)N3COCC[Si](C)(C)C)CC1. The fraction of sp³-hybridized carbons (Fsp3) is 0.667. The van der Waals surface area contributed by atoms with E-state index in [4.69, 9.17) is 14.0 Å². The van der Waals surface area contributed by atoms with E-state index in [9.17, 15) is 14.4 Å². The minimum atomic E-state index is -1.29. The number of nitrogens with one attached hydrogen (secondary N) is 2. The fourth-order valence-corrected chi connectivity index (χ4v) is 7.72. The molecule has 1 atom stereocenters. The Hall–Kier alpha value is -3.09. The van der Waals surface area contributed by atoms with Crippen LogP contribution in [-0.2, 0) is 24.5 Å². The molecule has 2 aromatic rings. The first-order chi connectivity index (χ1) is 21.6. The van der Waals surface area contributed by atoms with Crippen molar-refractivity contribution < 1.29 is 28.4 Å². The van der Waals surface area contributed by atoms with Crippen molar-refractivity contribution in [3.05, 3.63) is 35.3 Å². The van der Waals surface area contributed by atoms with Crippen molar-refractivity contribution in [1.82, 2.24) is 15.5 Å². The van der Waals surface area contributed by atoms with E-state index >= 15 is 0 Å². The lowest BCUT2D eigenvalue weighted by Gasteiger charge is -2.32. The second kappa shape index (κ2) is 13.0. The topological polar surface area (TPSA) is 136 Å². The number of anilines is 2. The van der Waals surface area contributed by atoms with Crippen LogP contribution in [0.3, 0.4) is 0 Å². The molecule has 11 nitrogen and oxygen atoms in total. The van der Waals surface area contributed by atoms with E-state index in [1.807, 2.05) is 0 Å². The highest BCUT2D eigenvalue weighted by Crippen LogP contribution is 2.48. The fourth-order valence-electron chi connectivity index (χ4n) is 6.96. The van der Waals surface area contributed by atoms with Crippen LogP contribution in [0.1, 0.15) is 85.8 Å². The van der Waals surface area contributed by atoms with Crippen molar-refractivity contribution in [2.45, 2.75) is 101 Å². The van der Waals surface area contributed by atoms with Gasteiger partial charge in [0.05, 0.1) is 16.8 Å². The number of carbonyl (C=O) groups excluding carboxylic acids is 3. The molecule has 0 aromatic carbocycles. The summed E-state index contributed by atoms with van der Waals surface area (Å²) < 4.78 is 16.8. The average Bonchev–Trinajstić information content (AvgIpc) is 3.70. The molecule has 1 saturated heterocycles. The van der Waals surface area contributed by atoms with Gasteiger partial charge >= 0.3 is 0 Å². The highest BCUT2D eigenvalue weighted by molar-refractivity contribution is 6.76. The second-order valence-corrected chi connectivity index (χ2v) is 20.3. The molecule has 2 aromatic heterocycles. The maximum atomic E-state index is 14.0. The van der Waals surface area contributed by atoms with Gasteiger partial charge in [-0.2, -0.15) is 0 Å². The Bertz CT molecular complexity index is 1400. The molecular formula is C33H47N5O6Si. The van der Waals surface area contributed by atoms with Gasteiger partial charge in [0.15, 0.2) is 0 Å². The summed E-state index contributed by atoms with van der Waals surface area (Å²) in [6, 6.07) is 2.04. The molecule has 45 heavy (non-hydrogen) atoms. The van der Waals surface area contributed by atoms with E-state index in [0.717, 1.165) is 50.1 Å². The number of aromatic nitrogens is 2. The van der Waals surface area contributed by atoms with Gasteiger partial charge in [-0.25, -0.2) is 4.98 Å². The van der Waals surface area contributed by atoms with Gasteiger partial charge in [0, 0.05) is 51.6 Å². The van der Waals surface area contributed by atoms with Crippen LogP contribution in [-0.4, -0.2) is 68.5 Å². The van der Waals surface area contributed by atoms with Gasteiger partial charge in [-0.05, 0) is 56.4 Å². The minimum absolute atomic E-state index is 0.000679. The van der Waals surface area contributed by atoms with Crippen LogP contribution in [0.15, 0.2) is 23.0 Å². The Labute approximate surface area is 266 Å². The summed E-state index contributed by atoms with van der Waals surface area (Å²) in [7, 11) is -1.29. The molecule has 2 N–H and O–H groups in total. The lowest BCUT2D eigenvalue weighted by Crippen LogP contribution is -2.49. The normalized spacial score (nSPS) is 23.6. The first-order valence-electron chi connectivity index (χ1n) is 16.6. The van der Waals surface area contributed by atoms with Crippen LogP contribution in [0.2, 0.25) is 25.7 Å². The van der Waals surface area contributed by atoms with Crippen LogP contribution in [0, 0.1) is 11.8 Å². The Kier molecular flexibility index (Phi) is 9.18. The number of carbonyl (C=O) groups is 3. The molecule has 2 aliphatic carbocycles. The highest BCUT2D eigenvalue weighted by atomic mass is 28.3. The van der Waals surface area contributed by atoms with E-state index in [2.05, 4.69) is 47.3 Å². The van der Waals surface area contributed by atoms with Crippen LogP contribution in [0.25, 0.3) is 0 Å². The Morgan fingerprint density at radius 2 is 1.87 bits per heavy atom. The molecule has 3 fully saturated rings. The molecule has 0 bridgehead atoms. The maximum Gasteiger partial charge on any atom is 0.257 e. The number of ether oxygens (including phenoxy) is 2. The molecule has 4 aliphatic rings. The number of rotatable bonds is 11. The summed E-state index contributed by atoms with van der Waals surface area (Å²) >= 11 is 0. The Morgan fingerprint density at radius 1 is 1.13 bits per heavy atom. The lowest BCUT2D eigenvalue weighted by atomic mass is 9.76. The maximum absolute atomic E-state index is 14.0. The molecule has 0 radical (unpaired) electrons. The van der Waals surface area contributed by atoms with E-state index in [0.29, 0.717) is 61.3 Å². The largest absolute Gasteiger partial charge is 0.381 e. The van der Waals surface area contributed by atoms with Crippen LogP contribution >= 0.6 is 0 Å². The molecule has 2 aliphatic heterocycles. The van der Waals surface area contributed by atoms with Crippen molar-refractivity contribution in [3.63, 3.8) is 0 Å². The third kappa shape index (κ3) is 6.87. The first-order valence-corrected chi connectivity index (χ1v) is 20.3. The zero-order chi connectivity index (χ0) is 31.8. The van der Waals surface area contributed by atoms with Gasteiger partial charge < -0.3 is 24.6 Å². The number of nitrogens with zero attached hydrogens (tertiary/aromatic N) is 3. The predicted molar refractivity (Wildman–Crippen MR) is 172 cm³/mol. The van der Waals surface area contributed by atoms with Gasteiger partial charge in [-0.1, -0.05) is 44.6 Å². The zero-order valence-corrected chi connectivity index (χ0v) is 28.0. The quantitative estimate of drug-likeness (QED) is 0.253. The van der Waals surface area contributed by atoms with Gasteiger partial charge in [0.1, 0.15) is 30.4 Å². The summed E-state index contributed by atoms with van der Waals surface area (Å²) in [6.07, 6.45) is 9.94. The second-order valence-electron chi connectivity index (χ2n) is 14.7. The van der Waals surface area contributed by atoms with Crippen molar-refractivity contribution in [3.8, 4) is 0 Å². The summed E-state index contributed by atoms with van der Waals surface area (Å²) in [4.78, 5) is 47.7. The van der Waals surface area contributed by atoms with Crippen molar-refractivity contribution >= 4 is 37.3 Å². The summed E-state index contributed by atoms with van der Waals surface area (Å²) in [6.45, 7) is 10.9. The smallest absolute Gasteiger partial charge is 0.257 e. The van der Waals surface area contributed by atoms with E-state index in [1.165, 1.54) is 6.26 Å². The minimum Gasteiger partial charge on any atom is -0.381 e. The van der Waals surface area contributed by atoms with Crippen molar-refractivity contribution in [2.24, 2.45) is 11.8 Å². The third-order valence-electron chi connectivity index (χ3n) is 10.1. The van der Waals surface area contributed by atoms with E-state index in [-0.39, 0.29) is 36.3 Å². The van der Waals surface area contributed by atoms with Gasteiger partial charge in [0.2, 0.25) is 11.8 Å². The Balaban J connectivity index is 1.23. The number of fused-ring (bicyclic) bond motifs is 2. The molecule has 1 spiro atoms. The molecule has 0 unspecified atom stereocenters. The number of pyridine rings is 1. The van der Waals surface area contributed by atoms with Gasteiger partial charge in [0.25, 0.3) is 5.91 Å². The Morgan fingerprint density at radius 3 is 2.56 bits per heavy atom. The number of amides is 3. The van der Waals surface area contributed by atoms with Crippen LogP contribution in [0.5, 0.6) is 0 Å². The average molecular weight is 638 g/mol. The molecule has 2 saturated carbocycles. The summed E-state index contributed by atoms with van der Waals surface area (Å²) in [5.74, 6) is 0.512. The van der Waals surface area contributed by atoms with Crippen LogP contribution < -0.4 is 15.5 Å². The van der Waals surface area contributed by atoms with Gasteiger partial charge in [-0.3, -0.25) is 19.3 Å². The molecule has 4 heterocycles. The van der Waals surface area contributed by atoms with Crippen LogP contribution in [0.4, 0.5) is 11.5 Å². The predicted octanol–water partition coefficient (Wildman–Crippen LogP) is 5.22. The monoisotopic (exact) mass is 637 g/mol. The molecule has 12 heteroatoms. The lowest BCUT2D eigenvalue weighted by molar-refractivity contribution is -0.127. The zero-order valence-electron chi connectivity index (χ0n) is 27.0. The third-order valence-corrected chi connectivity index (χ3v) is 11.8. The summed E-state index contributed by atoms with van der Waals surface area (Å²) in [5, 5.41) is 10.1. The van der Waals surface area contributed by atoms with E-state index < -0.39 is 19.5 Å². The standard InChI is InChI=1S/C33H47N5O6Si/c1-21-5-7-23(8-6-21)29(36-30(39)24-19-44-37-28(24)22-9-10-22)31(40)35-27-17-26-25(18-34-27)33(11-13-42-14-12-33)32(41)38(26)20-43-15-16-45(2,3)4/h17-19,21-23,29H,5-16,20H2,1-4H3,(H,36,39)(H,34,35,40)/t21?,23?,29-/m0/s1. The van der Waals surface area contributed by atoms with E-state index in [1.54, 1.807) is 17.2 Å². The highest BCUT2D eigenvalue weighted by Gasteiger charge is 2.52. The molecule has 244 valence electrons. The van der Waals surface area contributed by atoms with Crippen molar-refractivity contribution in [2.75, 3.05) is 36.8 Å². The molecular weight excluding hydrogens is 590 g/mol. The van der Waals surface area contributed by atoms with Gasteiger partial charge in [-0.15, -0.1) is 0 Å². The molecule has 6 rings (SSSR count). The van der Waals surface area contributed by atoms with Crippen molar-refractivity contribution in [1.29, 1.82) is 0 Å².